The monoisotopic (exact) mass is 241 g/mol. The van der Waals surface area contributed by atoms with Crippen molar-refractivity contribution in [1.82, 2.24) is 9.78 Å². The fourth-order valence-electron chi connectivity index (χ4n) is 1.68. The van der Waals surface area contributed by atoms with E-state index in [1.807, 2.05) is 6.92 Å². The highest BCUT2D eigenvalue weighted by Crippen LogP contribution is 2.21. The molecule has 7 heteroatoms. The molecule has 6 nitrogen and oxygen atoms in total. The van der Waals surface area contributed by atoms with Crippen LogP contribution in [0.3, 0.4) is 0 Å². The van der Waals surface area contributed by atoms with Crippen LogP contribution in [0.25, 0.3) is 0 Å². The predicted molar refractivity (Wildman–Crippen MR) is 66.3 cm³/mol. The van der Waals surface area contributed by atoms with Crippen LogP contribution in [0, 0.1) is 6.92 Å². The van der Waals surface area contributed by atoms with Gasteiger partial charge in [0.05, 0.1) is 17.8 Å². The van der Waals surface area contributed by atoms with E-state index in [-0.39, 0.29) is 11.5 Å². The Morgan fingerprint density at radius 1 is 1.56 bits per heavy atom. The van der Waals surface area contributed by atoms with Crippen molar-refractivity contribution in [3.05, 3.63) is 11.3 Å². The van der Waals surface area contributed by atoms with E-state index in [0.717, 1.165) is 5.69 Å². The van der Waals surface area contributed by atoms with Crippen molar-refractivity contribution in [3.63, 3.8) is 0 Å². The van der Waals surface area contributed by atoms with Crippen molar-refractivity contribution in [2.24, 2.45) is 18.5 Å². The van der Waals surface area contributed by atoms with Gasteiger partial charge in [-0.3, -0.25) is 9.48 Å². The first kappa shape index (κ1) is 12.4. The number of thiocarbonyl (C=S) groups is 1. The normalized spacial score (nSPS) is 10.2. The van der Waals surface area contributed by atoms with E-state index in [9.17, 15) is 4.79 Å². The van der Waals surface area contributed by atoms with Gasteiger partial charge in [0, 0.05) is 14.1 Å². The Morgan fingerprint density at radius 2 is 2.12 bits per heavy atom. The van der Waals surface area contributed by atoms with Crippen LogP contribution >= 0.6 is 12.2 Å². The molecule has 0 saturated heterocycles. The number of nitrogens with zero attached hydrogens (tertiary/aromatic N) is 3. The maximum Gasteiger partial charge on any atom is 0.236 e. The van der Waals surface area contributed by atoms with Crippen molar-refractivity contribution >= 4 is 28.9 Å². The molecule has 1 aromatic rings. The summed E-state index contributed by atoms with van der Waals surface area (Å²) in [6.07, 6.45) is 0. The number of likely N-dealkylation sites (N-methyl/N-ethyl adjacent to an activating group) is 1. The number of carbonyl (C=O) groups excluding carboxylic acids is 1. The van der Waals surface area contributed by atoms with E-state index < -0.39 is 5.91 Å². The van der Waals surface area contributed by atoms with Gasteiger partial charge < -0.3 is 16.4 Å². The lowest BCUT2D eigenvalue weighted by atomic mass is 10.2. The molecule has 88 valence electrons. The highest BCUT2D eigenvalue weighted by Gasteiger charge is 2.19. The number of primary amides is 1. The first-order valence-electron chi connectivity index (χ1n) is 4.67. The molecule has 0 aliphatic rings. The Balaban J connectivity index is 3.21. The summed E-state index contributed by atoms with van der Waals surface area (Å²) in [5, 5.41) is 4.22. The molecule has 0 spiro atoms. The van der Waals surface area contributed by atoms with Gasteiger partial charge in [-0.1, -0.05) is 12.2 Å². The molecule has 0 saturated carbocycles. The van der Waals surface area contributed by atoms with Crippen LogP contribution in [0.2, 0.25) is 0 Å². The number of rotatable bonds is 4. The fraction of sp³-hybridized carbons (Fsp3) is 0.444. The highest BCUT2D eigenvalue weighted by atomic mass is 32.1. The maximum atomic E-state index is 10.9. The Hall–Kier alpha value is -1.63. The molecule has 0 atom stereocenters. The molecule has 0 radical (unpaired) electrons. The van der Waals surface area contributed by atoms with Gasteiger partial charge in [0.2, 0.25) is 5.91 Å². The van der Waals surface area contributed by atoms with E-state index in [1.54, 1.807) is 23.7 Å². The van der Waals surface area contributed by atoms with Crippen molar-refractivity contribution in [1.29, 1.82) is 0 Å². The Labute approximate surface area is 99.2 Å². The Kier molecular flexibility index (Phi) is 3.48. The first-order chi connectivity index (χ1) is 7.34. The summed E-state index contributed by atoms with van der Waals surface area (Å²) >= 11 is 4.96. The predicted octanol–water partition coefficient (Wildman–Crippen LogP) is -0.716. The van der Waals surface area contributed by atoms with Crippen LogP contribution in [0.1, 0.15) is 11.3 Å². The number of hydrogen-bond donors (Lipinski definition) is 2. The van der Waals surface area contributed by atoms with Crippen molar-refractivity contribution < 1.29 is 4.79 Å². The Bertz CT molecular complexity index is 439. The van der Waals surface area contributed by atoms with Crippen LogP contribution in [0.15, 0.2) is 0 Å². The minimum Gasteiger partial charge on any atom is -0.389 e. The zero-order chi connectivity index (χ0) is 12.5. The third kappa shape index (κ3) is 2.30. The third-order valence-electron chi connectivity index (χ3n) is 2.19. The molecular weight excluding hydrogens is 226 g/mol. The van der Waals surface area contributed by atoms with E-state index in [4.69, 9.17) is 23.7 Å². The van der Waals surface area contributed by atoms with E-state index in [1.165, 1.54) is 0 Å². The molecule has 1 heterocycles. The zero-order valence-corrected chi connectivity index (χ0v) is 10.3. The summed E-state index contributed by atoms with van der Waals surface area (Å²) in [4.78, 5) is 12.8. The summed E-state index contributed by atoms with van der Waals surface area (Å²) in [6, 6.07) is 0. The second kappa shape index (κ2) is 4.48. The SMILES string of the molecule is Cc1nn(C)c(N(C)CC(N)=O)c1C(N)=S. The summed E-state index contributed by atoms with van der Waals surface area (Å²) in [5.74, 6) is 0.277. The van der Waals surface area contributed by atoms with Crippen LogP contribution in [0.4, 0.5) is 5.82 Å². The molecular formula is C9H15N5OS. The molecule has 1 rings (SSSR count). The zero-order valence-electron chi connectivity index (χ0n) is 9.52. The van der Waals surface area contributed by atoms with Gasteiger partial charge in [-0.25, -0.2) is 0 Å². The van der Waals surface area contributed by atoms with Gasteiger partial charge in [-0.2, -0.15) is 5.10 Å². The van der Waals surface area contributed by atoms with Crippen molar-refractivity contribution in [3.8, 4) is 0 Å². The molecule has 0 unspecified atom stereocenters. The molecule has 1 aromatic heterocycles. The molecule has 0 aliphatic carbocycles. The molecule has 1 amide bonds. The van der Waals surface area contributed by atoms with E-state index in [2.05, 4.69) is 5.10 Å². The number of carbonyl (C=O) groups is 1. The van der Waals surface area contributed by atoms with Crippen LogP contribution in [-0.4, -0.2) is 34.3 Å². The molecule has 4 N–H and O–H groups in total. The van der Waals surface area contributed by atoms with Gasteiger partial charge in [0.15, 0.2) is 0 Å². The van der Waals surface area contributed by atoms with E-state index in [0.29, 0.717) is 11.4 Å². The largest absolute Gasteiger partial charge is 0.389 e. The summed E-state index contributed by atoms with van der Waals surface area (Å²) in [6.45, 7) is 1.91. The summed E-state index contributed by atoms with van der Waals surface area (Å²) < 4.78 is 1.63. The quantitative estimate of drug-likeness (QED) is 0.679. The van der Waals surface area contributed by atoms with Gasteiger partial charge >= 0.3 is 0 Å². The average Bonchev–Trinajstić information content (AvgIpc) is 2.39. The number of hydrogen-bond acceptors (Lipinski definition) is 4. The number of anilines is 1. The van der Waals surface area contributed by atoms with Crippen LogP contribution in [0.5, 0.6) is 0 Å². The fourth-order valence-corrected chi connectivity index (χ4v) is 1.92. The second-order valence-electron chi connectivity index (χ2n) is 3.59. The lowest BCUT2D eigenvalue weighted by molar-refractivity contribution is -0.116. The third-order valence-corrected chi connectivity index (χ3v) is 2.40. The molecule has 16 heavy (non-hydrogen) atoms. The molecule has 0 aromatic carbocycles. The highest BCUT2D eigenvalue weighted by molar-refractivity contribution is 7.80. The van der Waals surface area contributed by atoms with Crippen molar-refractivity contribution in [2.45, 2.75) is 6.92 Å². The summed E-state index contributed by atoms with van der Waals surface area (Å²) in [7, 11) is 3.50. The van der Waals surface area contributed by atoms with Gasteiger partial charge in [-0.05, 0) is 6.92 Å². The van der Waals surface area contributed by atoms with Crippen LogP contribution < -0.4 is 16.4 Å². The summed E-state index contributed by atoms with van der Waals surface area (Å²) in [5.41, 5.74) is 12.2. The topological polar surface area (TPSA) is 90.2 Å². The van der Waals surface area contributed by atoms with Gasteiger partial charge in [0.25, 0.3) is 0 Å². The average molecular weight is 241 g/mol. The van der Waals surface area contributed by atoms with Gasteiger partial charge in [-0.15, -0.1) is 0 Å². The minimum absolute atomic E-state index is 0.0919. The Morgan fingerprint density at radius 3 is 2.56 bits per heavy atom. The van der Waals surface area contributed by atoms with Crippen LogP contribution in [-0.2, 0) is 11.8 Å². The number of aromatic nitrogens is 2. The van der Waals surface area contributed by atoms with Gasteiger partial charge in [0.1, 0.15) is 10.8 Å². The molecule has 0 bridgehead atoms. The number of aryl methyl sites for hydroxylation is 2. The van der Waals surface area contributed by atoms with Crippen molar-refractivity contribution in [2.75, 3.05) is 18.5 Å². The molecule has 0 fully saturated rings. The second-order valence-corrected chi connectivity index (χ2v) is 4.03. The lowest BCUT2D eigenvalue weighted by Gasteiger charge is -2.18. The number of amides is 1. The number of nitrogens with two attached hydrogens (primary N) is 2. The smallest absolute Gasteiger partial charge is 0.236 e. The standard InChI is InChI=1S/C9H15N5OS/c1-5-7(8(11)16)9(14(3)12-5)13(2)4-6(10)15/h4H2,1-3H3,(H2,10,15)(H2,11,16). The lowest BCUT2D eigenvalue weighted by Crippen LogP contribution is -2.33. The van der Waals surface area contributed by atoms with E-state index >= 15 is 0 Å². The minimum atomic E-state index is -0.421. The first-order valence-corrected chi connectivity index (χ1v) is 5.08. The maximum absolute atomic E-state index is 10.9. The molecule has 0 aliphatic heterocycles.